The van der Waals surface area contributed by atoms with Gasteiger partial charge in [-0.1, -0.05) is 0 Å². The van der Waals surface area contributed by atoms with Gasteiger partial charge in [0.25, 0.3) is 0 Å². The second-order valence-electron chi connectivity index (χ2n) is 2.37. The van der Waals surface area contributed by atoms with Crippen molar-refractivity contribution in [3.05, 3.63) is 11.3 Å². The molecule has 4 nitrogen and oxygen atoms in total. The number of aliphatic imine (C=N–C) groups is 1. The molecule has 0 spiro atoms. The van der Waals surface area contributed by atoms with Gasteiger partial charge in [-0.15, -0.1) is 0 Å². The van der Waals surface area contributed by atoms with Crippen LogP contribution in [0.1, 0.15) is 6.92 Å². The van der Waals surface area contributed by atoms with E-state index >= 15 is 0 Å². The summed E-state index contributed by atoms with van der Waals surface area (Å²) >= 11 is 0. The fourth-order valence-electron chi connectivity index (χ4n) is 0.701. The first-order valence-electron chi connectivity index (χ1n) is 3.94. The van der Waals surface area contributed by atoms with Crippen LogP contribution in [0.2, 0.25) is 0 Å². The van der Waals surface area contributed by atoms with Crippen molar-refractivity contribution in [1.29, 1.82) is 0 Å². The quantitative estimate of drug-likeness (QED) is 0.343. The van der Waals surface area contributed by atoms with Crippen LogP contribution >= 0.6 is 0 Å². The van der Waals surface area contributed by atoms with Crippen LogP contribution in [-0.4, -0.2) is 37.1 Å². The molecule has 0 saturated carbocycles. The zero-order chi connectivity index (χ0) is 12.1. The van der Waals surface area contributed by atoms with Crippen molar-refractivity contribution in [3.8, 4) is 0 Å². The maximum absolute atomic E-state index is 12.0. The number of alkyl halides is 3. The molecule has 0 rings (SSSR count). The van der Waals surface area contributed by atoms with Crippen LogP contribution in [0.4, 0.5) is 13.2 Å². The summed E-state index contributed by atoms with van der Waals surface area (Å²) in [7, 11) is 1.17. The van der Waals surface area contributed by atoms with E-state index in [2.05, 4.69) is 9.73 Å². The van der Waals surface area contributed by atoms with Gasteiger partial charge in [-0.3, -0.25) is 4.99 Å². The van der Waals surface area contributed by atoms with Crippen molar-refractivity contribution in [2.45, 2.75) is 13.1 Å². The van der Waals surface area contributed by atoms with Gasteiger partial charge >= 0.3 is 12.1 Å². The molecule has 0 amide bonds. The third kappa shape index (κ3) is 4.01. The number of ether oxygens (including phenoxy) is 1. The van der Waals surface area contributed by atoms with Gasteiger partial charge in [0.15, 0.2) is 0 Å². The molecule has 0 radical (unpaired) electrons. The highest BCUT2D eigenvalue weighted by Gasteiger charge is 2.38. The highest BCUT2D eigenvalue weighted by Crippen LogP contribution is 2.25. The predicted molar refractivity (Wildman–Crippen MR) is 46.8 cm³/mol. The summed E-state index contributed by atoms with van der Waals surface area (Å²) in [5.41, 5.74) is -1.01. The van der Waals surface area contributed by atoms with E-state index in [1.54, 1.807) is 0 Å². The minimum absolute atomic E-state index is 0.0922. The van der Waals surface area contributed by atoms with Crippen LogP contribution in [0, 0.1) is 0 Å². The second kappa shape index (κ2) is 5.38. The number of aliphatic hydroxyl groups excluding tert-OH is 1. The lowest BCUT2D eigenvalue weighted by Gasteiger charge is -2.08. The average Bonchev–Trinajstić information content (AvgIpc) is 2.12. The molecule has 0 aliphatic rings. The maximum atomic E-state index is 12.0. The minimum Gasteiger partial charge on any atom is -0.504 e. The number of aliphatic hydroxyl groups is 1. The van der Waals surface area contributed by atoms with Crippen molar-refractivity contribution in [2.75, 3.05) is 13.7 Å². The van der Waals surface area contributed by atoms with E-state index in [-0.39, 0.29) is 6.61 Å². The van der Waals surface area contributed by atoms with Crippen LogP contribution in [0.3, 0.4) is 0 Å². The topological polar surface area (TPSA) is 58.9 Å². The normalized spacial score (nSPS) is 13.9. The zero-order valence-electron chi connectivity index (χ0n) is 8.13. The number of hydrogen-bond acceptors (Lipinski definition) is 4. The fraction of sp³-hybridized carbons (Fsp3) is 0.500. The highest BCUT2D eigenvalue weighted by molar-refractivity contribution is 6.10. The molecule has 15 heavy (non-hydrogen) atoms. The Bertz CT molecular complexity index is 294. The SMILES string of the molecule is CCOC(=O)C(C=NC)=C(O)C(F)(F)F. The second-order valence-corrected chi connectivity index (χ2v) is 2.37. The van der Waals surface area contributed by atoms with Gasteiger partial charge in [-0.05, 0) is 6.92 Å². The van der Waals surface area contributed by atoms with Crippen molar-refractivity contribution < 1.29 is 27.8 Å². The van der Waals surface area contributed by atoms with Crippen LogP contribution in [0.25, 0.3) is 0 Å². The van der Waals surface area contributed by atoms with Gasteiger partial charge in [-0.25, -0.2) is 4.79 Å². The molecular weight excluding hydrogens is 215 g/mol. The Kier molecular flexibility index (Phi) is 4.83. The Morgan fingerprint density at radius 2 is 2.07 bits per heavy atom. The molecule has 0 atom stereocenters. The van der Waals surface area contributed by atoms with E-state index in [0.29, 0.717) is 6.21 Å². The minimum atomic E-state index is -5.00. The number of rotatable bonds is 3. The van der Waals surface area contributed by atoms with Gasteiger partial charge in [0, 0.05) is 13.3 Å². The molecule has 0 aromatic carbocycles. The highest BCUT2D eigenvalue weighted by atomic mass is 19.4. The lowest BCUT2D eigenvalue weighted by Crippen LogP contribution is -2.20. The summed E-state index contributed by atoms with van der Waals surface area (Å²) in [5, 5.41) is 8.74. The molecule has 0 aliphatic carbocycles. The van der Waals surface area contributed by atoms with Gasteiger partial charge in [-0.2, -0.15) is 13.2 Å². The number of esters is 1. The molecule has 0 saturated heterocycles. The fourth-order valence-corrected chi connectivity index (χ4v) is 0.701. The largest absolute Gasteiger partial charge is 0.504 e. The molecular formula is C8H10F3NO3. The monoisotopic (exact) mass is 225 g/mol. The van der Waals surface area contributed by atoms with Gasteiger partial charge < -0.3 is 9.84 Å². The lowest BCUT2D eigenvalue weighted by atomic mass is 10.2. The van der Waals surface area contributed by atoms with Crippen LogP contribution in [0.15, 0.2) is 16.3 Å². The molecule has 0 heterocycles. The first-order chi connectivity index (χ1) is 6.84. The summed E-state index contributed by atoms with van der Waals surface area (Å²) in [6, 6.07) is 0. The number of halogens is 3. The summed E-state index contributed by atoms with van der Waals surface area (Å²) in [6.07, 6.45) is -4.40. The standard InChI is InChI=1S/C8H10F3NO3/c1-3-15-7(14)5(4-12-2)6(13)8(9,10)11/h4,13H,3H2,1-2H3. The lowest BCUT2D eigenvalue weighted by molar-refractivity contribution is -0.141. The Hall–Kier alpha value is -1.53. The number of carbonyl (C=O) groups excluding carboxylic acids is 1. The summed E-state index contributed by atoms with van der Waals surface area (Å²) in [4.78, 5) is 14.2. The molecule has 0 unspecified atom stereocenters. The molecule has 0 fully saturated rings. The van der Waals surface area contributed by atoms with Crippen LogP contribution < -0.4 is 0 Å². The molecule has 86 valence electrons. The maximum Gasteiger partial charge on any atom is 0.449 e. The van der Waals surface area contributed by atoms with Gasteiger partial charge in [0.2, 0.25) is 5.76 Å². The average molecular weight is 225 g/mol. The van der Waals surface area contributed by atoms with E-state index in [9.17, 15) is 18.0 Å². The Morgan fingerprint density at radius 1 is 1.53 bits per heavy atom. The van der Waals surface area contributed by atoms with Gasteiger partial charge in [0.1, 0.15) is 5.57 Å². The molecule has 0 aromatic rings. The third-order valence-electron chi connectivity index (χ3n) is 1.28. The zero-order valence-corrected chi connectivity index (χ0v) is 8.13. The summed E-state index contributed by atoms with van der Waals surface area (Å²) in [5.74, 6) is -3.27. The van der Waals surface area contributed by atoms with Crippen molar-refractivity contribution in [3.63, 3.8) is 0 Å². The van der Waals surface area contributed by atoms with Crippen LogP contribution in [0.5, 0.6) is 0 Å². The third-order valence-corrected chi connectivity index (χ3v) is 1.28. The number of carbonyl (C=O) groups is 1. The van der Waals surface area contributed by atoms with Crippen LogP contribution in [-0.2, 0) is 9.53 Å². The van der Waals surface area contributed by atoms with E-state index < -0.39 is 23.5 Å². The van der Waals surface area contributed by atoms with E-state index in [1.165, 1.54) is 14.0 Å². The Labute approximate surface area is 84.1 Å². The molecule has 0 aliphatic heterocycles. The summed E-state index contributed by atoms with van der Waals surface area (Å²) in [6.45, 7) is 1.34. The first-order valence-corrected chi connectivity index (χ1v) is 3.94. The van der Waals surface area contributed by atoms with E-state index in [1.807, 2.05) is 0 Å². The van der Waals surface area contributed by atoms with Crippen molar-refractivity contribution >= 4 is 12.2 Å². The van der Waals surface area contributed by atoms with Crippen molar-refractivity contribution in [1.82, 2.24) is 0 Å². The van der Waals surface area contributed by atoms with E-state index in [0.717, 1.165) is 0 Å². The molecule has 0 bridgehead atoms. The molecule has 1 N–H and O–H groups in total. The van der Waals surface area contributed by atoms with E-state index in [4.69, 9.17) is 5.11 Å². The summed E-state index contributed by atoms with van der Waals surface area (Å²) < 4.78 is 40.5. The first kappa shape index (κ1) is 13.5. The smallest absolute Gasteiger partial charge is 0.449 e. The number of hydrogen-bond donors (Lipinski definition) is 1. The molecule has 0 aromatic heterocycles. The number of allylic oxidation sites excluding steroid dienone is 1. The predicted octanol–water partition coefficient (Wildman–Crippen LogP) is 1.62. The van der Waals surface area contributed by atoms with Crippen molar-refractivity contribution in [2.24, 2.45) is 4.99 Å². The Morgan fingerprint density at radius 3 is 2.40 bits per heavy atom. The van der Waals surface area contributed by atoms with Gasteiger partial charge in [0.05, 0.1) is 6.61 Å². The Balaban J connectivity index is 5.20. The number of nitrogens with zero attached hydrogens (tertiary/aromatic N) is 1. The molecule has 7 heteroatoms.